The third-order valence-electron chi connectivity index (χ3n) is 6.65. The van der Waals surface area contributed by atoms with Crippen molar-refractivity contribution in [3.8, 4) is 0 Å². The molecule has 1 aromatic rings. The lowest BCUT2D eigenvalue weighted by molar-refractivity contribution is -0.162. The average molecular weight is 390 g/mol. The minimum Gasteiger partial charge on any atom is -0.417 e. The largest absolute Gasteiger partial charge is 0.417 e. The van der Waals surface area contributed by atoms with Crippen molar-refractivity contribution in [3.05, 3.63) is 35.9 Å². The molecule has 0 radical (unpaired) electrons. The molecule has 0 spiro atoms. The number of nitrogens with zero attached hydrogens (tertiary/aromatic N) is 1. The third kappa shape index (κ3) is 4.15. The van der Waals surface area contributed by atoms with Gasteiger partial charge in [-0.1, -0.05) is 51.1 Å². The van der Waals surface area contributed by atoms with Crippen molar-refractivity contribution in [2.24, 2.45) is 0 Å². The number of benzene rings is 1. The van der Waals surface area contributed by atoms with Crippen molar-refractivity contribution in [1.82, 2.24) is 4.90 Å². The molecule has 5 heteroatoms. The number of hydrogen-bond donors (Lipinski definition) is 0. The summed E-state index contributed by atoms with van der Waals surface area (Å²) < 4.78 is 12.7. The van der Waals surface area contributed by atoms with Crippen LogP contribution in [0.1, 0.15) is 64.5 Å². The predicted octanol–water partition coefficient (Wildman–Crippen LogP) is 5.27. The molecule has 2 heterocycles. The van der Waals surface area contributed by atoms with E-state index in [0.29, 0.717) is 13.0 Å². The van der Waals surface area contributed by atoms with E-state index in [1.807, 2.05) is 18.2 Å². The van der Waals surface area contributed by atoms with Crippen LogP contribution in [0.15, 0.2) is 30.3 Å². The Hall–Kier alpha value is -1.17. The minimum absolute atomic E-state index is 0.0420. The van der Waals surface area contributed by atoms with Crippen LogP contribution in [-0.4, -0.2) is 38.1 Å². The van der Waals surface area contributed by atoms with Crippen molar-refractivity contribution < 1.29 is 14.0 Å². The van der Waals surface area contributed by atoms with Crippen molar-refractivity contribution >= 4 is 14.2 Å². The third-order valence-corrected chi connectivity index (χ3v) is 11.2. The highest BCUT2D eigenvalue weighted by Gasteiger charge is 2.51. The van der Waals surface area contributed by atoms with E-state index in [4.69, 9.17) is 9.16 Å². The fraction of sp³-hybridized carbons (Fsp3) is 0.682. The van der Waals surface area contributed by atoms with Gasteiger partial charge in [0.2, 0.25) is 5.91 Å². The Kier molecular flexibility index (Phi) is 5.85. The molecule has 27 heavy (non-hydrogen) atoms. The van der Waals surface area contributed by atoms with Crippen LogP contribution in [0.25, 0.3) is 0 Å². The number of ether oxygens (including phenoxy) is 1. The van der Waals surface area contributed by atoms with Crippen molar-refractivity contribution in [2.75, 3.05) is 13.2 Å². The van der Waals surface area contributed by atoms with Gasteiger partial charge in [-0.05, 0) is 49.4 Å². The molecule has 0 aromatic heterocycles. The molecule has 1 aromatic carbocycles. The number of carbonyl (C=O) groups excluding carboxylic acids is 1. The van der Waals surface area contributed by atoms with Gasteiger partial charge in [0.1, 0.15) is 5.72 Å². The Bertz CT molecular complexity index is 655. The second-order valence-electron chi connectivity index (χ2n) is 9.51. The highest BCUT2D eigenvalue weighted by molar-refractivity contribution is 6.74. The lowest BCUT2D eigenvalue weighted by atomic mass is 9.92. The smallest absolute Gasteiger partial charge is 0.225 e. The lowest BCUT2D eigenvalue weighted by Crippen LogP contribution is -2.52. The maximum Gasteiger partial charge on any atom is 0.225 e. The molecule has 0 bridgehead atoms. The molecule has 1 amide bonds. The molecule has 2 aliphatic heterocycles. The van der Waals surface area contributed by atoms with Gasteiger partial charge in [0.05, 0.1) is 12.6 Å². The molecular weight excluding hydrogens is 354 g/mol. The van der Waals surface area contributed by atoms with Crippen LogP contribution in [0.5, 0.6) is 0 Å². The summed E-state index contributed by atoms with van der Waals surface area (Å²) in [5.74, 6) is 0.234. The van der Waals surface area contributed by atoms with Crippen molar-refractivity contribution in [1.29, 1.82) is 0 Å². The molecule has 2 saturated heterocycles. The fourth-order valence-electron chi connectivity index (χ4n) is 4.02. The van der Waals surface area contributed by atoms with E-state index in [1.165, 1.54) is 5.56 Å². The van der Waals surface area contributed by atoms with Crippen LogP contribution in [0.4, 0.5) is 0 Å². The Morgan fingerprint density at radius 3 is 2.63 bits per heavy atom. The van der Waals surface area contributed by atoms with E-state index in [-0.39, 0.29) is 17.0 Å². The first kappa shape index (κ1) is 20.6. The molecule has 150 valence electrons. The van der Waals surface area contributed by atoms with Crippen LogP contribution in [0.3, 0.4) is 0 Å². The number of fused-ring (bicyclic) bond motifs is 1. The van der Waals surface area contributed by atoms with Crippen LogP contribution in [0, 0.1) is 0 Å². The summed E-state index contributed by atoms with van der Waals surface area (Å²) in [7, 11) is -1.73. The monoisotopic (exact) mass is 389 g/mol. The topological polar surface area (TPSA) is 38.8 Å². The molecule has 2 fully saturated rings. The first-order valence-electron chi connectivity index (χ1n) is 10.3. The van der Waals surface area contributed by atoms with Gasteiger partial charge in [-0.3, -0.25) is 4.79 Å². The second-order valence-corrected chi connectivity index (χ2v) is 14.3. The number of hydrogen-bond acceptors (Lipinski definition) is 3. The van der Waals surface area contributed by atoms with Gasteiger partial charge in [0.15, 0.2) is 8.32 Å². The Morgan fingerprint density at radius 1 is 1.26 bits per heavy atom. The zero-order valence-electron chi connectivity index (χ0n) is 17.6. The Labute approximate surface area is 165 Å². The van der Waals surface area contributed by atoms with Gasteiger partial charge < -0.3 is 14.1 Å². The second kappa shape index (κ2) is 7.68. The fourth-order valence-corrected chi connectivity index (χ4v) is 5.11. The predicted molar refractivity (Wildman–Crippen MR) is 111 cm³/mol. The first-order chi connectivity index (χ1) is 12.7. The zero-order valence-corrected chi connectivity index (χ0v) is 18.6. The summed E-state index contributed by atoms with van der Waals surface area (Å²) in [5, 5.41) is 0.223. The van der Waals surface area contributed by atoms with Gasteiger partial charge in [-0.25, -0.2) is 0 Å². The molecule has 0 N–H and O–H groups in total. The molecular formula is C22H35NO3Si. The van der Waals surface area contributed by atoms with Gasteiger partial charge in [-0.15, -0.1) is 0 Å². The van der Waals surface area contributed by atoms with E-state index in [0.717, 1.165) is 32.3 Å². The molecule has 0 aliphatic carbocycles. The maximum atomic E-state index is 12.8. The highest BCUT2D eigenvalue weighted by atomic mass is 28.4. The van der Waals surface area contributed by atoms with Gasteiger partial charge in [-0.2, -0.15) is 0 Å². The SMILES string of the molecule is CC(C)(C)[Si](C)(C)OCCC[C@]12CCCC(=O)N1[C@H](c1ccccc1)CO2. The van der Waals surface area contributed by atoms with Crippen LogP contribution < -0.4 is 0 Å². The van der Waals surface area contributed by atoms with E-state index in [1.54, 1.807) is 0 Å². The quantitative estimate of drug-likeness (QED) is 0.491. The van der Waals surface area contributed by atoms with Crippen LogP contribution >= 0.6 is 0 Å². The molecule has 4 nitrogen and oxygen atoms in total. The molecule has 0 unspecified atom stereocenters. The summed E-state index contributed by atoms with van der Waals surface area (Å²) in [5.41, 5.74) is 0.735. The zero-order chi connectivity index (χ0) is 19.7. The lowest BCUT2D eigenvalue weighted by Gasteiger charge is -2.43. The van der Waals surface area contributed by atoms with E-state index < -0.39 is 14.0 Å². The maximum absolute atomic E-state index is 12.8. The molecule has 2 aliphatic rings. The van der Waals surface area contributed by atoms with Gasteiger partial charge >= 0.3 is 0 Å². The van der Waals surface area contributed by atoms with Gasteiger partial charge in [0.25, 0.3) is 0 Å². The van der Waals surface area contributed by atoms with E-state index in [9.17, 15) is 4.79 Å². The molecule has 2 atom stereocenters. The molecule has 3 rings (SSSR count). The van der Waals surface area contributed by atoms with Crippen LogP contribution in [0.2, 0.25) is 18.1 Å². The summed E-state index contributed by atoms with van der Waals surface area (Å²) in [4.78, 5) is 14.9. The Balaban J connectivity index is 1.67. The highest BCUT2D eigenvalue weighted by Crippen LogP contribution is 2.46. The Morgan fingerprint density at radius 2 is 1.96 bits per heavy atom. The van der Waals surface area contributed by atoms with Gasteiger partial charge in [0, 0.05) is 13.0 Å². The molecule has 0 saturated carbocycles. The number of amides is 1. The number of rotatable bonds is 6. The summed E-state index contributed by atoms with van der Waals surface area (Å²) in [6.07, 6.45) is 4.27. The summed E-state index contributed by atoms with van der Waals surface area (Å²) in [6.45, 7) is 12.7. The minimum atomic E-state index is -1.73. The summed E-state index contributed by atoms with van der Waals surface area (Å²) >= 11 is 0. The normalized spacial score (nSPS) is 26.3. The van der Waals surface area contributed by atoms with Crippen molar-refractivity contribution in [2.45, 2.75) is 82.8 Å². The van der Waals surface area contributed by atoms with E-state index >= 15 is 0 Å². The number of carbonyl (C=O) groups is 1. The summed E-state index contributed by atoms with van der Waals surface area (Å²) in [6, 6.07) is 10.3. The van der Waals surface area contributed by atoms with E-state index in [2.05, 4.69) is 50.9 Å². The average Bonchev–Trinajstić information content (AvgIpc) is 3.00. The first-order valence-corrected chi connectivity index (χ1v) is 13.2. The van der Waals surface area contributed by atoms with Crippen molar-refractivity contribution in [3.63, 3.8) is 0 Å². The number of piperidine rings is 1. The standard InChI is InChI=1S/C22H35NO3Si/c1-21(2,3)27(4,5)26-16-10-15-22-14-9-13-20(24)23(22)19(17-25-22)18-11-7-6-8-12-18/h6-8,11-12,19H,9-10,13-17H2,1-5H3/t19-,22+/m0/s1. The van der Waals surface area contributed by atoms with Crippen LogP contribution in [-0.2, 0) is 14.0 Å².